The average Bonchev–Trinajstić information content (AvgIpc) is 3.21. The molecule has 8 heteroatoms. The summed E-state index contributed by atoms with van der Waals surface area (Å²) in [5, 5.41) is 0.203. The molecule has 1 aliphatic rings. The van der Waals surface area contributed by atoms with Gasteiger partial charge in [0.1, 0.15) is 5.82 Å². The van der Waals surface area contributed by atoms with E-state index in [1.54, 1.807) is 6.20 Å². The van der Waals surface area contributed by atoms with E-state index in [0.29, 0.717) is 25.0 Å². The summed E-state index contributed by atoms with van der Waals surface area (Å²) < 4.78 is 28.6. The van der Waals surface area contributed by atoms with Gasteiger partial charge < -0.3 is 9.13 Å². The number of aromatic nitrogens is 4. The number of aryl methyl sites for hydroxylation is 1. The zero-order valence-electron chi connectivity index (χ0n) is 17.5. The first-order chi connectivity index (χ1) is 13.3. The highest BCUT2D eigenvalue weighted by Crippen LogP contribution is 2.27. The van der Waals surface area contributed by atoms with Gasteiger partial charge in [0.15, 0.2) is 0 Å². The molecule has 1 saturated carbocycles. The number of sulfone groups is 1. The smallest absolute Gasteiger partial charge is 0.227 e. The lowest BCUT2D eigenvalue weighted by Gasteiger charge is -2.28. The van der Waals surface area contributed by atoms with Crippen LogP contribution < -0.4 is 0 Å². The Balaban J connectivity index is 1.86. The first-order valence-corrected chi connectivity index (χ1v) is 12.1. The van der Waals surface area contributed by atoms with Crippen LogP contribution >= 0.6 is 0 Å². The number of hydrogen-bond donors (Lipinski definition) is 0. The van der Waals surface area contributed by atoms with E-state index in [4.69, 9.17) is 0 Å². The van der Waals surface area contributed by atoms with Crippen molar-refractivity contribution in [2.45, 2.75) is 76.8 Å². The quantitative estimate of drug-likeness (QED) is 0.673. The minimum Gasteiger partial charge on any atom is -0.337 e. The van der Waals surface area contributed by atoms with Crippen molar-refractivity contribution in [2.75, 3.05) is 6.26 Å². The van der Waals surface area contributed by atoms with E-state index in [1.165, 1.54) is 38.4 Å². The van der Waals surface area contributed by atoms with Crippen molar-refractivity contribution < 1.29 is 8.42 Å². The molecule has 0 unspecified atom stereocenters. The number of rotatable bonds is 8. The van der Waals surface area contributed by atoms with Crippen LogP contribution in [-0.2, 0) is 36.5 Å². The topological polar surface area (TPSA) is 73.0 Å². The largest absolute Gasteiger partial charge is 0.337 e. The predicted octanol–water partition coefficient (Wildman–Crippen LogP) is 3.01. The van der Waals surface area contributed by atoms with Crippen LogP contribution in [0.4, 0.5) is 0 Å². The van der Waals surface area contributed by atoms with Crippen LogP contribution in [0.2, 0.25) is 0 Å². The van der Waals surface area contributed by atoms with Crippen molar-refractivity contribution >= 4 is 9.84 Å². The second kappa shape index (κ2) is 8.78. The predicted molar refractivity (Wildman–Crippen MR) is 110 cm³/mol. The Labute approximate surface area is 168 Å². The zero-order valence-corrected chi connectivity index (χ0v) is 18.3. The third-order valence-corrected chi connectivity index (χ3v) is 6.75. The molecule has 0 spiro atoms. The van der Waals surface area contributed by atoms with E-state index in [2.05, 4.69) is 28.7 Å². The van der Waals surface area contributed by atoms with E-state index < -0.39 is 9.84 Å². The summed E-state index contributed by atoms with van der Waals surface area (Å²) in [5.74, 6) is 1.53. The molecule has 156 valence electrons. The molecule has 7 nitrogen and oxygen atoms in total. The van der Waals surface area contributed by atoms with Crippen LogP contribution in [0.3, 0.4) is 0 Å². The van der Waals surface area contributed by atoms with Gasteiger partial charge in [-0.3, -0.25) is 4.90 Å². The third kappa shape index (κ3) is 5.03. The molecule has 28 heavy (non-hydrogen) atoms. The van der Waals surface area contributed by atoms with Crippen molar-refractivity contribution in [3.63, 3.8) is 0 Å². The molecule has 3 rings (SSSR count). The maximum Gasteiger partial charge on any atom is 0.227 e. The highest BCUT2D eigenvalue weighted by molar-refractivity contribution is 7.90. The summed E-state index contributed by atoms with van der Waals surface area (Å²) in [7, 11) is -1.36. The summed E-state index contributed by atoms with van der Waals surface area (Å²) >= 11 is 0. The normalized spacial score (nSPS) is 16.4. The van der Waals surface area contributed by atoms with Gasteiger partial charge in [-0.05, 0) is 32.6 Å². The Morgan fingerprint density at radius 2 is 1.89 bits per heavy atom. The zero-order chi connectivity index (χ0) is 20.3. The van der Waals surface area contributed by atoms with E-state index in [-0.39, 0.29) is 5.16 Å². The summed E-state index contributed by atoms with van der Waals surface area (Å²) in [6.45, 7) is 6.42. The molecule has 2 aromatic rings. The lowest BCUT2D eigenvalue weighted by Crippen LogP contribution is -2.32. The first kappa shape index (κ1) is 21.0. The fraction of sp³-hybridized carbons (Fsp3) is 0.700. The van der Waals surface area contributed by atoms with Gasteiger partial charge in [-0.1, -0.05) is 19.3 Å². The molecule has 0 saturated heterocycles. The van der Waals surface area contributed by atoms with Crippen molar-refractivity contribution in [2.24, 2.45) is 13.0 Å². The van der Waals surface area contributed by atoms with Gasteiger partial charge in [0.25, 0.3) is 0 Å². The van der Waals surface area contributed by atoms with Crippen LogP contribution in [-0.4, -0.2) is 44.7 Å². The van der Waals surface area contributed by atoms with Gasteiger partial charge in [-0.15, -0.1) is 0 Å². The van der Waals surface area contributed by atoms with Gasteiger partial charge in [-0.25, -0.2) is 18.4 Å². The monoisotopic (exact) mass is 407 g/mol. The van der Waals surface area contributed by atoms with Crippen LogP contribution in [0.1, 0.15) is 57.5 Å². The van der Waals surface area contributed by atoms with Gasteiger partial charge in [0.05, 0.1) is 18.4 Å². The van der Waals surface area contributed by atoms with Gasteiger partial charge >= 0.3 is 0 Å². The Morgan fingerprint density at radius 3 is 2.46 bits per heavy atom. The number of nitrogens with zero attached hydrogens (tertiary/aromatic N) is 5. The maximum absolute atomic E-state index is 12.3. The SMILES string of the molecule is CC(C)N(Cc1nccn1C)Cc1cnc(S(C)(=O)=O)n1CC1CCCCC1. The second-order valence-electron chi connectivity index (χ2n) is 8.37. The summed E-state index contributed by atoms with van der Waals surface area (Å²) in [5.41, 5.74) is 0.967. The highest BCUT2D eigenvalue weighted by Gasteiger charge is 2.24. The summed E-state index contributed by atoms with van der Waals surface area (Å²) in [6, 6.07) is 0.302. The van der Waals surface area contributed by atoms with Crippen LogP contribution in [0.25, 0.3) is 0 Å². The van der Waals surface area contributed by atoms with Crippen molar-refractivity contribution in [3.05, 3.63) is 30.1 Å². The molecule has 0 amide bonds. The number of hydrogen-bond acceptors (Lipinski definition) is 5. The molecule has 0 N–H and O–H groups in total. The van der Waals surface area contributed by atoms with Gasteiger partial charge in [0.2, 0.25) is 15.0 Å². The molecular formula is C20H33N5O2S. The molecule has 2 aromatic heterocycles. The van der Waals surface area contributed by atoms with Crippen LogP contribution in [0.15, 0.2) is 23.7 Å². The second-order valence-corrected chi connectivity index (χ2v) is 10.3. The minimum absolute atomic E-state index is 0.203. The van der Waals surface area contributed by atoms with Gasteiger partial charge in [-0.2, -0.15) is 0 Å². The van der Waals surface area contributed by atoms with E-state index in [1.807, 2.05) is 28.6 Å². The van der Waals surface area contributed by atoms with E-state index in [9.17, 15) is 8.42 Å². The average molecular weight is 408 g/mol. The third-order valence-electron chi connectivity index (χ3n) is 5.76. The minimum atomic E-state index is -3.36. The molecule has 1 fully saturated rings. The molecule has 2 heterocycles. The number of imidazole rings is 2. The molecule has 1 aliphatic carbocycles. The molecular weight excluding hydrogens is 374 g/mol. The summed E-state index contributed by atoms with van der Waals surface area (Å²) in [6.07, 6.45) is 12.9. The lowest BCUT2D eigenvalue weighted by molar-refractivity contribution is 0.188. The summed E-state index contributed by atoms with van der Waals surface area (Å²) in [4.78, 5) is 11.1. The Kier molecular flexibility index (Phi) is 6.60. The van der Waals surface area contributed by atoms with Crippen molar-refractivity contribution in [3.8, 4) is 0 Å². The Bertz CT molecular complexity index is 878. The fourth-order valence-electron chi connectivity index (χ4n) is 4.00. The fourth-order valence-corrected chi connectivity index (χ4v) is 4.83. The van der Waals surface area contributed by atoms with Gasteiger partial charge in [0, 0.05) is 44.8 Å². The van der Waals surface area contributed by atoms with E-state index >= 15 is 0 Å². The maximum atomic E-state index is 12.3. The lowest BCUT2D eigenvalue weighted by atomic mass is 9.89. The highest BCUT2D eigenvalue weighted by atomic mass is 32.2. The molecule has 0 aliphatic heterocycles. The van der Waals surface area contributed by atoms with Crippen LogP contribution in [0, 0.1) is 5.92 Å². The molecule has 0 radical (unpaired) electrons. The molecule has 0 bridgehead atoms. The van der Waals surface area contributed by atoms with E-state index in [0.717, 1.165) is 18.1 Å². The Hall–Kier alpha value is -1.67. The van der Waals surface area contributed by atoms with Crippen molar-refractivity contribution in [1.29, 1.82) is 0 Å². The standard InChI is InChI=1S/C20H33N5O2S/c1-16(2)24(15-19-21-10-11-23(19)3)14-18-12-22-20(28(4,26)27)25(18)13-17-8-6-5-7-9-17/h10-12,16-17H,5-9,13-15H2,1-4H3. The first-order valence-electron chi connectivity index (χ1n) is 10.2. The molecule has 0 aromatic carbocycles. The van der Waals surface area contributed by atoms with Crippen LogP contribution in [0.5, 0.6) is 0 Å². The molecule has 0 atom stereocenters. The van der Waals surface area contributed by atoms with Crippen molar-refractivity contribution in [1.82, 2.24) is 24.0 Å². The Morgan fingerprint density at radius 1 is 1.18 bits per heavy atom.